The molecule has 1 heterocycles. The number of nitrogens with one attached hydrogen (secondary N) is 1. The lowest BCUT2D eigenvalue weighted by Crippen LogP contribution is -1.92. The van der Waals surface area contributed by atoms with E-state index in [1.807, 2.05) is 18.2 Å². The van der Waals surface area contributed by atoms with E-state index in [0.717, 1.165) is 28.7 Å². The molecular formula is C11H9BrCl2N2. The lowest BCUT2D eigenvalue weighted by atomic mass is 10.1. The molecule has 0 aliphatic rings. The number of hydrogen-bond donors (Lipinski definition) is 1. The van der Waals surface area contributed by atoms with E-state index in [0.29, 0.717) is 10.0 Å². The maximum absolute atomic E-state index is 5.94. The first-order chi connectivity index (χ1) is 7.66. The van der Waals surface area contributed by atoms with Gasteiger partial charge >= 0.3 is 0 Å². The van der Waals surface area contributed by atoms with Crippen molar-refractivity contribution in [2.24, 2.45) is 0 Å². The number of imidazole rings is 1. The number of benzene rings is 1. The van der Waals surface area contributed by atoms with Crippen LogP contribution in [0.1, 0.15) is 11.3 Å². The highest BCUT2D eigenvalue weighted by Crippen LogP contribution is 2.23. The number of rotatable bonds is 3. The van der Waals surface area contributed by atoms with Crippen molar-refractivity contribution in [3.63, 3.8) is 0 Å². The molecule has 1 aromatic heterocycles. The number of aryl methyl sites for hydroxylation is 2. The summed E-state index contributed by atoms with van der Waals surface area (Å²) in [5.74, 6) is 0. The zero-order chi connectivity index (χ0) is 11.5. The van der Waals surface area contributed by atoms with E-state index in [2.05, 4.69) is 25.9 Å². The molecule has 0 aliphatic heterocycles. The van der Waals surface area contributed by atoms with Crippen LogP contribution in [0.25, 0.3) is 0 Å². The van der Waals surface area contributed by atoms with Crippen molar-refractivity contribution < 1.29 is 0 Å². The van der Waals surface area contributed by atoms with E-state index >= 15 is 0 Å². The number of hydrogen-bond acceptors (Lipinski definition) is 1. The maximum atomic E-state index is 5.94. The molecule has 0 spiro atoms. The summed E-state index contributed by atoms with van der Waals surface area (Å²) in [6, 6.07) is 5.70. The largest absolute Gasteiger partial charge is 0.348 e. The van der Waals surface area contributed by atoms with Gasteiger partial charge in [-0.15, -0.1) is 0 Å². The molecular weight excluding hydrogens is 311 g/mol. The van der Waals surface area contributed by atoms with Crippen LogP contribution in [-0.2, 0) is 12.8 Å². The molecule has 0 unspecified atom stereocenters. The Morgan fingerprint density at radius 1 is 1.19 bits per heavy atom. The standard InChI is InChI=1S/C11H9BrCl2N2/c12-11-10(15-6-16-11)4-2-7-1-3-8(13)9(14)5-7/h1,3,5-6H,2,4H2,(H,15,16). The summed E-state index contributed by atoms with van der Waals surface area (Å²) in [4.78, 5) is 7.16. The van der Waals surface area contributed by atoms with Crippen LogP contribution in [0.15, 0.2) is 29.1 Å². The Hall–Kier alpha value is -0.510. The smallest absolute Gasteiger partial charge is 0.127 e. The first-order valence-electron chi connectivity index (χ1n) is 4.78. The molecule has 84 valence electrons. The van der Waals surface area contributed by atoms with Gasteiger partial charge in [0.25, 0.3) is 0 Å². The molecule has 2 aromatic rings. The zero-order valence-corrected chi connectivity index (χ0v) is 11.4. The minimum Gasteiger partial charge on any atom is -0.348 e. The third-order valence-electron chi connectivity index (χ3n) is 2.31. The van der Waals surface area contributed by atoms with Gasteiger partial charge in [-0.3, -0.25) is 0 Å². The maximum Gasteiger partial charge on any atom is 0.127 e. The SMILES string of the molecule is Clc1ccc(CCc2[nH]cnc2Br)cc1Cl. The van der Waals surface area contributed by atoms with Gasteiger partial charge in [0.15, 0.2) is 0 Å². The molecule has 0 aliphatic carbocycles. The van der Waals surface area contributed by atoms with Gasteiger partial charge in [-0.1, -0.05) is 29.3 Å². The van der Waals surface area contributed by atoms with Crippen LogP contribution in [-0.4, -0.2) is 9.97 Å². The van der Waals surface area contributed by atoms with Gasteiger partial charge in [-0.05, 0) is 46.5 Å². The van der Waals surface area contributed by atoms with Crippen molar-refractivity contribution in [1.82, 2.24) is 9.97 Å². The van der Waals surface area contributed by atoms with E-state index in [9.17, 15) is 0 Å². The highest BCUT2D eigenvalue weighted by Gasteiger charge is 2.04. The Morgan fingerprint density at radius 2 is 2.00 bits per heavy atom. The Morgan fingerprint density at radius 3 is 2.62 bits per heavy atom. The van der Waals surface area contributed by atoms with Crippen LogP contribution < -0.4 is 0 Å². The van der Waals surface area contributed by atoms with Gasteiger partial charge < -0.3 is 4.98 Å². The summed E-state index contributed by atoms with van der Waals surface area (Å²) >= 11 is 15.2. The summed E-state index contributed by atoms with van der Waals surface area (Å²) in [5.41, 5.74) is 2.25. The van der Waals surface area contributed by atoms with Crippen molar-refractivity contribution in [3.8, 4) is 0 Å². The van der Waals surface area contributed by atoms with Crippen LogP contribution in [0.2, 0.25) is 10.0 Å². The molecule has 2 rings (SSSR count). The minimum atomic E-state index is 0.591. The van der Waals surface area contributed by atoms with Gasteiger partial charge in [0.2, 0.25) is 0 Å². The van der Waals surface area contributed by atoms with Crippen molar-refractivity contribution in [3.05, 3.63) is 50.4 Å². The van der Waals surface area contributed by atoms with E-state index in [1.165, 1.54) is 0 Å². The zero-order valence-electron chi connectivity index (χ0n) is 8.30. The predicted molar refractivity (Wildman–Crippen MR) is 70.2 cm³/mol. The van der Waals surface area contributed by atoms with Crippen LogP contribution in [0.4, 0.5) is 0 Å². The van der Waals surface area contributed by atoms with E-state index < -0.39 is 0 Å². The summed E-state index contributed by atoms with van der Waals surface area (Å²) in [6.45, 7) is 0. The Kier molecular flexibility index (Phi) is 3.90. The van der Waals surface area contributed by atoms with Crippen molar-refractivity contribution in [2.45, 2.75) is 12.8 Å². The second-order valence-electron chi connectivity index (χ2n) is 3.42. The fourth-order valence-electron chi connectivity index (χ4n) is 1.44. The molecule has 5 heteroatoms. The normalized spacial score (nSPS) is 10.7. The van der Waals surface area contributed by atoms with Gasteiger partial charge in [-0.2, -0.15) is 0 Å². The highest BCUT2D eigenvalue weighted by molar-refractivity contribution is 9.10. The number of H-pyrrole nitrogens is 1. The molecule has 0 amide bonds. The molecule has 0 saturated carbocycles. The van der Waals surface area contributed by atoms with Crippen molar-refractivity contribution >= 4 is 39.1 Å². The third kappa shape index (κ3) is 2.78. The topological polar surface area (TPSA) is 28.7 Å². The van der Waals surface area contributed by atoms with Crippen LogP contribution in [0.5, 0.6) is 0 Å². The molecule has 16 heavy (non-hydrogen) atoms. The van der Waals surface area contributed by atoms with Gasteiger partial charge in [0.05, 0.1) is 16.4 Å². The summed E-state index contributed by atoms with van der Waals surface area (Å²) in [6.07, 6.45) is 3.46. The predicted octanol–water partition coefficient (Wildman–Crippen LogP) is 4.26. The fourth-order valence-corrected chi connectivity index (χ4v) is 2.18. The van der Waals surface area contributed by atoms with Gasteiger partial charge in [0.1, 0.15) is 4.60 Å². The van der Waals surface area contributed by atoms with Crippen LogP contribution in [0, 0.1) is 0 Å². The number of aromatic amines is 1. The van der Waals surface area contributed by atoms with Crippen molar-refractivity contribution in [1.29, 1.82) is 0 Å². The number of aromatic nitrogens is 2. The Bertz CT molecular complexity index is 496. The average molecular weight is 320 g/mol. The quantitative estimate of drug-likeness (QED) is 0.899. The average Bonchev–Trinajstić information content (AvgIpc) is 2.66. The van der Waals surface area contributed by atoms with Crippen LogP contribution in [0.3, 0.4) is 0 Å². The van der Waals surface area contributed by atoms with E-state index in [-0.39, 0.29) is 0 Å². The minimum absolute atomic E-state index is 0.591. The van der Waals surface area contributed by atoms with E-state index in [1.54, 1.807) is 6.33 Å². The summed E-state index contributed by atoms with van der Waals surface area (Å²) in [7, 11) is 0. The third-order valence-corrected chi connectivity index (χ3v) is 3.74. The number of halogens is 3. The first-order valence-corrected chi connectivity index (χ1v) is 6.33. The molecule has 2 nitrogen and oxygen atoms in total. The Labute approximate surface area is 112 Å². The molecule has 0 radical (unpaired) electrons. The second kappa shape index (κ2) is 5.21. The number of nitrogens with zero attached hydrogens (tertiary/aromatic N) is 1. The lowest BCUT2D eigenvalue weighted by molar-refractivity contribution is 0.919. The monoisotopic (exact) mass is 318 g/mol. The van der Waals surface area contributed by atoms with Gasteiger partial charge in [0, 0.05) is 5.69 Å². The molecule has 1 N–H and O–H groups in total. The molecule has 0 saturated heterocycles. The first kappa shape index (κ1) is 12.0. The molecule has 0 atom stereocenters. The fraction of sp³-hybridized carbons (Fsp3) is 0.182. The summed E-state index contributed by atoms with van der Waals surface area (Å²) < 4.78 is 0.868. The second-order valence-corrected chi connectivity index (χ2v) is 4.99. The van der Waals surface area contributed by atoms with Crippen LogP contribution >= 0.6 is 39.1 Å². The Balaban J connectivity index is 2.05. The lowest BCUT2D eigenvalue weighted by Gasteiger charge is -2.02. The van der Waals surface area contributed by atoms with Crippen molar-refractivity contribution in [2.75, 3.05) is 0 Å². The van der Waals surface area contributed by atoms with E-state index in [4.69, 9.17) is 23.2 Å². The van der Waals surface area contributed by atoms with Gasteiger partial charge in [-0.25, -0.2) is 4.98 Å². The highest BCUT2D eigenvalue weighted by atomic mass is 79.9. The summed E-state index contributed by atoms with van der Waals surface area (Å²) in [5, 5.41) is 1.19. The molecule has 0 fully saturated rings. The molecule has 1 aromatic carbocycles. The molecule has 0 bridgehead atoms.